The second kappa shape index (κ2) is 5.99. The number of aryl methyl sites for hydroxylation is 1. The third-order valence-electron chi connectivity index (χ3n) is 4.34. The molecule has 10 heteroatoms. The van der Waals surface area contributed by atoms with E-state index in [1.807, 2.05) is 0 Å². The number of likely N-dealkylation sites (tertiary alicyclic amines) is 1. The number of nitrogens with zero attached hydrogens (tertiary/aromatic N) is 4. The van der Waals surface area contributed by atoms with E-state index in [4.69, 9.17) is 0 Å². The molecule has 1 aromatic heterocycles. The topological polar surface area (TPSA) is 70.5 Å². The summed E-state index contributed by atoms with van der Waals surface area (Å²) < 4.78 is 40.2. The number of hydrogen-bond donors (Lipinski definition) is 1. The molecule has 1 atom stereocenters. The monoisotopic (exact) mass is 345 g/mol. The second-order valence-corrected chi connectivity index (χ2v) is 6.04. The molecule has 0 unspecified atom stereocenters. The van der Waals surface area contributed by atoms with Crippen LogP contribution in [0.15, 0.2) is 6.20 Å². The first-order valence-electron chi connectivity index (χ1n) is 7.72. The fourth-order valence-electron chi connectivity index (χ4n) is 3.25. The van der Waals surface area contributed by atoms with Gasteiger partial charge in [0.2, 0.25) is 0 Å². The smallest absolute Gasteiger partial charge is 0.336 e. The van der Waals surface area contributed by atoms with Gasteiger partial charge in [-0.15, -0.1) is 0 Å². The molecule has 0 aromatic carbocycles. The summed E-state index contributed by atoms with van der Waals surface area (Å²) in [6.07, 6.45) is -2.22. The number of nitrogens with one attached hydrogen (secondary N) is 1. The van der Waals surface area contributed by atoms with Crippen LogP contribution in [0.3, 0.4) is 0 Å². The molecule has 2 aliphatic rings. The number of carbonyl (C=O) groups excluding carboxylic acids is 2. The van der Waals surface area contributed by atoms with Crippen molar-refractivity contribution in [3.63, 3.8) is 0 Å². The van der Waals surface area contributed by atoms with E-state index in [9.17, 15) is 22.8 Å². The van der Waals surface area contributed by atoms with Crippen LogP contribution in [-0.2, 0) is 13.2 Å². The van der Waals surface area contributed by atoms with E-state index in [0.717, 1.165) is 17.3 Å². The molecule has 2 saturated heterocycles. The highest BCUT2D eigenvalue weighted by Crippen LogP contribution is 2.31. The SMILES string of the molecule is Cn1cc(C(=O)N2CCC[C@H](N3CCNC3=O)C2)c(C(F)(F)F)n1. The van der Waals surface area contributed by atoms with Gasteiger partial charge in [-0.05, 0) is 12.8 Å². The minimum atomic E-state index is -4.68. The predicted octanol–water partition coefficient (Wildman–Crippen LogP) is 1.07. The number of aromatic nitrogens is 2. The number of rotatable bonds is 2. The molecule has 3 amide bonds. The number of alkyl halides is 3. The zero-order valence-corrected chi connectivity index (χ0v) is 13.1. The number of hydrogen-bond acceptors (Lipinski definition) is 3. The quantitative estimate of drug-likeness (QED) is 0.872. The van der Waals surface area contributed by atoms with E-state index in [1.165, 1.54) is 11.9 Å². The van der Waals surface area contributed by atoms with E-state index in [-0.39, 0.29) is 18.6 Å². The summed E-state index contributed by atoms with van der Waals surface area (Å²) in [5.74, 6) is -0.695. The van der Waals surface area contributed by atoms with Crippen molar-refractivity contribution in [1.29, 1.82) is 0 Å². The molecule has 2 fully saturated rings. The Labute approximate surface area is 136 Å². The molecule has 3 heterocycles. The van der Waals surface area contributed by atoms with Crippen molar-refractivity contribution in [2.24, 2.45) is 7.05 Å². The van der Waals surface area contributed by atoms with Gasteiger partial charge < -0.3 is 15.1 Å². The van der Waals surface area contributed by atoms with Crippen LogP contribution in [0.25, 0.3) is 0 Å². The Morgan fingerprint density at radius 1 is 1.38 bits per heavy atom. The fourth-order valence-corrected chi connectivity index (χ4v) is 3.25. The van der Waals surface area contributed by atoms with E-state index in [1.54, 1.807) is 4.90 Å². The normalized spacial score (nSPS) is 22.0. The standard InChI is InChI=1S/C14H18F3N5O2/c1-20-8-10(11(19-20)14(15,16)17)12(23)21-5-2-3-9(7-21)22-6-4-18-13(22)24/h8-9H,2-7H2,1H3,(H,18,24)/t9-/m0/s1. The van der Waals surface area contributed by atoms with Crippen LogP contribution in [0, 0.1) is 0 Å². The largest absolute Gasteiger partial charge is 0.435 e. The van der Waals surface area contributed by atoms with Crippen LogP contribution in [0.4, 0.5) is 18.0 Å². The van der Waals surface area contributed by atoms with Gasteiger partial charge in [0, 0.05) is 39.4 Å². The Bertz CT molecular complexity index is 657. The Morgan fingerprint density at radius 3 is 2.75 bits per heavy atom. The summed E-state index contributed by atoms with van der Waals surface area (Å²) in [4.78, 5) is 27.4. The van der Waals surface area contributed by atoms with Gasteiger partial charge in [0.25, 0.3) is 5.91 Å². The third-order valence-corrected chi connectivity index (χ3v) is 4.34. The van der Waals surface area contributed by atoms with E-state index >= 15 is 0 Å². The van der Waals surface area contributed by atoms with Gasteiger partial charge in [-0.2, -0.15) is 18.3 Å². The number of halogens is 3. The molecule has 0 radical (unpaired) electrons. The molecule has 24 heavy (non-hydrogen) atoms. The lowest BCUT2D eigenvalue weighted by Gasteiger charge is -2.37. The lowest BCUT2D eigenvalue weighted by atomic mass is 10.0. The molecular formula is C14H18F3N5O2. The zero-order chi connectivity index (χ0) is 17.5. The second-order valence-electron chi connectivity index (χ2n) is 6.04. The highest BCUT2D eigenvalue weighted by Gasteiger charge is 2.41. The van der Waals surface area contributed by atoms with Crippen LogP contribution in [-0.4, -0.2) is 63.7 Å². The van der Waals surface area contributed by atoms with Crippen molar-refractivity contribution < 1.29 is 22.8 Å². The van der Waals surface area contributed by atoms with Crippen molar-refractivity contribution in [3.05, 3.63) is 17.5 Å². The molecule has 1 aromatic rings. The van der Waals surface area contributed by atoms with Crippen molar-refractivity contribution in [2.75, 3.05) is 26.2 Å². The number of amides is 3. The first-order valence-corrected chi connectivity index (χ1v) is 7.72. The fraction of sp³-hybridized carbons (Fsp3) is 0.643. The summed E-state index contributed by atoms with van der Waals surface area (Å²) in [7, 11) is 1.35. The Kier molecular flexibility index (Phi) is 4.14. The average Bonchev–Trinajstić information content (AvgIpc) is 3.12. The molecule has 2 aliphatic heterocycles. The van der Waals surface area contributed by atoms with Crippen molar-refractivity contribution in [1.82, 2.24) is 24.9 Å². The molecule has 0 bridgehead atoms. The first kappa shape index (κ1) is 16.6. The first-order chi connectivity index (χ1) is 11.3. The van der Waals surface area contributed by atoms with Crippen LogP contribution >= 0.6 is 0 Å². The Hall–Kier alpha value is -2.26. The highest BCUT2D eigenvalue weighted by molar-refractivity contribution is 5.95. The molecule has 3 rings (SSSR count). The Morgan fingerprint density at radius 2 is 2.12 bits per heavy atom. The van der Waals surface area contributed by atoms with Crippen LogP contribution in [0.5, 0.6) is 0 Å². The van der Waals surface area contributed by atoms with Crippen molar-refractivity contribution in [2.45, 2.75) is 25.1 Å². The van der Waals surface area contributed by atoms with Gasteiger partial charge in [0.1, 0.15) is 0 Å². The molecule has 0 aliphatic carbocycles. The van der Waals surface area contributed by atoms with Crippen molar-refractivity contribution in [3.8, 4) is 0 Å². The van der Waals surface area contributed by atoms with Gasteiger partial charge >= 0.3 is 12.2 Å². The van der Waals surface area contributed by atoms with Crippen LogP contribution in [0.2, 0.25) is 0 Å². The zero-order valence-electron chi connectivity index (χ0n) is 13.1. The van der Waals surface area contributed by atoms with Gasteiger partial charge in [0.05, 0.1) is 11.6 Å². The van der Waals surface area contributed by atoms with Gasteiger partial charge in [-0.25, -0.2) is 4.79 Å². The van der Waals surface area contributed by atoms with E-state index < -0.39 is 23.3 Å². The number of carbonyl (C=O) groups is 2. The summed E-state index contributed by atoms with van der Waals surface area (Å²) >= 11 is 0. The van der Waals surface area contributed by atoms with Crippen LogP contribution in [0.1, 0.15) is 28.9 Å². The maximum atomic E-state index is 13.1. The van der Waals surface area contributed by atoms with Crippen LogP contribution < -0.4 is 5.32 Å². The summed E-state index contributed by atoms with van der Waals surface area (Å²) in [5, 5.41) is 6.07. The van der Waals surface area contributed by atoms with E-state index in [2.05, 4.69) is 10.4 Å². The number of piperidine rings is 1. The minimum Gasteiger partial charge on any atom is -0.336 e. The van der Waals surface area contributed by atoms with Crippen molar-refractivity contribution >= 4 is 11.9 Å². The molecule has 0 saturated carbocycles. The summed E-state index contributed by atoms with van der Waals surface area (Å²) in [6.45, 7) is 1.70. The summed E-state index contributed by atoms with van der Waals surface area (Å²) in [6, 6.07) is -0.358. The molecule has 0 spiro atoms. The molecule has 1 N–H and O–H groups in total. The lowest BCUT2D eigenvalue weighted by molar-refractivity contribution is -0.141. The maximum absolute atomic E-state index is 13.1. The summed E-state index contributed by atoms with van der Waals surface area (Å²) in [5.41, 5.74) is -1.62. The Balaban J connectivity index is 1.79. The van der Waals surface area contributed by atoms with E-state index in [0.29, 0.717) is 26.1 Å². The number of urea groups is 1. The highest BCUT2D eigenvalue weighted by atomic mass is 19.4. The third kappa shape index (κ3) is 3.04. The minimum absolute atomic E-state index is 0.170. The van der Waals surface area contributed by atoms with Gasteiger partial charge in [-0.3, -0.25) is 9.48 Å². The molecular weight excluding hydrogens is 327 g/mol. The maximum Gasteiger partial charge on any atom is 0.435 e. The molecule has 132 valence electrons. The molecule has 7 nitrogen and oxygen atoms in total. The van der Waals surface area contributed by atoms with Gasteiger partial charge in [-0.1, -0.05) is 0 Å². The van der Waals surface area contributed by atoms with Gasteiger partial charge in [0.15, 0.2) is 5.69 Å². The predicted molar refractivity (Wildman–Crippen MR) is 77.2 cm³/mol. The lowest BCUT2D eigenvalue weighted by Crippen LogP contribution is -2.50. The average molecular weight is 345 g/mol.